The van der Waals surface area contributed by atoms with Gasteiger partial charge in [0.1, 0.15) is 0 Å². The zero-order valence-corrected chi connectivity index (χ0v) is 17.4. The van der Waals surface area contributed by atoms with Crippen molar-refractivity contribution in [2.45, 2.75) is 6.92 Å². The molecular formula is C29H22N2. The minimum Gasteiger partial charge on any atom is -0.228 e. The van der Waals surface area contributed by atoms with Gasteiger partial charge in [-0.3, -0.25) is 0 Å². The van der Waals surface area contributed by atoms with E-state index in [4.69, 9.17) is 9.97 Å². The molecule has 0 radical (unpaired) electrons. The molecule has 0 fully saturated rings. The lowest BCUT2D eigenvalue weighted by Crippen LogP contribution is -1.98. The first-order chi connectivity index (χ1) is 15.2. The maximum absolute atomic E-state index is 4.89. The van der Waals surface area contributed by atoms with E-state index in [0.717, 1.165) is 28.1 Å². The van der Waals surface area contributed by atoms with Gasteiger partial charge in [-0.1, -0.05) is 91.5 Å². The van der Waals surface area contributed by atoms with Crippen LogP contribution in [0.15, 0.2) is 110 Å². The fraction of sp³-hybridized carbons (Fsp3) is 0.0345. The van der Waals surface area contributed by atoms with Crippen LogP contribution in [0.25, 0.3) is 49.6 Å². The van der Waals surface area contributed by atoms with Crippen LogP contribution in [0, 0.1) is 0 Å². The minimum atomic E-state index is 0.686. The first kappa shape index (κ1) is 19.0. The van der Waals surface area contributed by atoms with E-state index in [1.54, 1.807) is 0 Å². The molecule has 2 heteroatoms. The lowest BCUT2D eigenvalue weighted by molar-refractivity contribution is 1.13. The third kappa shape index (κ3) is 3.64. The lowest BCUT2D eigenvalue weighted by atomic mass is 10.0. The highest BCUT2D eigenvalue weighted by atomic mass is 14.9. The van der Waals surface area contributed by atoms with E-state index >= 15 is 0 Å². The normalized spacial score (nSPS) is 11.7. The molecule has 0 amide bonds. The molecule has 4 aromatic carbocycles. The summed E-state index contributed by atoms with van der Waals surface area (Å²) in [5.74, 6) is 0.686. The Hall–Kier alpha value is -4.04. The highest BCUT2D eigenvalue weighted by Crippen LogP contribution is 2.30. The maximum atomic E-state index is 4.89. The Kier molecular flexibility index (Phi) is 4.89. The predicted molar refractivity (Wildman–Crippen MR) is 132 cm³/mol. The van der Waals surface area contributed by atoms with Crippen molar-refractivity contribution in [2.75, 3.05) is 0 Å². The monoisotopic (exact) mass is 398 g/mol. The van der Waals surface area contributed by atoms with E-state index < -0.39 is 0 Å². The number of benzene rings is 4. The summed E-state index contributed by atoms with van der Waals surface area (Å²) < 4.78 is 0. The Balaban J connectivity index is 1.72. The van der Waals surface area contributed by atoms with Crippen molar-refractivity contribution in [1.82, 2.24) is 9.97 Å². The van der Waals surface area contributed by atoms with Crippen molar-refractivity contribution in [2.24, 2.45) is 0 Å². The standard InChI is InChI=1S/C29H22N2/c1-3-20(4-2)29-30-27(25-15-13-21-9-5-7-11-23(21)17-25)19-28(31-29)26-16-14-22-10-6-8-12-24(22)18-26/h3-19H,1H2,2H3/b20-4+. The number of nitrogens with zero attached hydrogens (tertiary/aromatic N) is 2. The third-order valence-electron chi connectivity index (χ3n) is 5.61. The lowest BCUT2D eigenvalue weighted by Gasteiger charge is -2.11. The van der Waals surface area contributed by atoms with Crippen molar-refractivity contribution in [3.05, 3.63) is 116 Å². The molecule has 0 aliphatic rings. The zero-order chi connectivity index (χ0) is 21.2. The first-order valence-corrected chi connectivity index (χ1v) is 10.4. The molecule has 0 N–H and O–H groups in total. The molecule has 148 valence electrons. The van der Waals surface area contributed by atoms with Gasteiger partial charge in [-0.05, 0) is 46.7 Å². The molecule has 0 unspecified atom stereocenters. The van der Waals surface area contributed by atoms with Crippen molar-refractivity contribution < 1.29 is 0 Å². The molecule has 0 saturated carbocycles. The van der Waals surface area contributed by atoms with Crippen LogP contribution in [0.1, 0.15) is 12.7 Å². The van der Waals surface area contributed by atoms with Crippen LogP contribution in [0.2, 0.25) is 0 Å². The van der Waals surface area contributed by atoms with Gasteiger partial charge in [-0.15, -0.1) is 0 Å². The highest BCUT2D eigenvalue weighted by molar-refractivity contribution is 5.89. The Bertz CT molecular complexity index is 1360. The van der Waals surface area contributed by atoms with E-state index in [2.05, 4.69) is 97.6 Å². The van der Waals surface area contributed by atoms with Gasteiger partial charge in [0.25, 0.3) is 0 Å². The Morgan fingerprint density at radius 1 is 0.645 bits per heavy atom. The fourth-order valence-electron chi connectivity index (χ4n) is 3.91. The van der Waals surface area contributed by atoms with Crippen LogP contribution in [-0.2, 0) is 0 Å². The van der Waals surface area contributed by atoms with Gasteiger partial charge >= 0.3 is 0 Å². The maximum Gasteiger partial charge on any atom is 0.160 e. The number of hydrogen-bond donors (Lipinski definition) is 0. The molecule has 0 spiro atoms. The average Bonchev–Trinajstić information content (AvgIpc) is 2.84. The van der Waals surface area contributed by atoms with E-state index in [1.807, 2.05) is 19.1 Å². The molecule has 0 aliphatic carbocycles. The topological polar surface area (TPSA) is 25.8 Å². The number of allylic oxidation sites excluding steroid dienone is 3. The average molecular weight is 399 g/mol. The van der Waals surface area contributed by atoms with Gasteiger partial charge < -0.3 is 0 Å². The second-order valence-electron chi connectivity index (χ2n) is 7.53. The third-order valence-corrected chi connectivity index (χ3v) is 5.61. The molecule has 1 aromatic heterocycles. The molecule has 5 aromatic rings. The summed E-state index contributed by atoms with van der Waals surface area (Å²) >= 11 is 0. The minimum absolute atomic E-state index is 0.686. The van der Waals surface area contributed by atoms with Crippen LogP contribution in [-0.4, -0.2) is 9.97 Å². The van der Waals surface area contributed by atoms with E-state index in [1.165, 1.54) is 21.5 Å². The van der Waals surface area contributed by atoms with Gasteiger partial charge in [0, 0.05) is 16.7 Å². The Morgan fingerprint density at radius 2 is 1.13 bits per heavy atom. The molecule has 1 heterocycles. The molecule has 0 aliphatic heterocycles. The summed E-state index contributed by atoms with van der Waals surface area (Å²) in [5, 5.41) is 4.83. The quantitative estimate of drug-likeness (QED) is 0.290. The molecule has 0 bridgehead atoms. The summed E-state index contributed by atoms with van der Waals surface area (Å²) in [5.41, 5.74) is 4.87. The van der Waals surface area contributed by atoms with Crippen LogP contribution in [0.4, 0.5) is 0 Å². The number of hydrogen-bond acceptors (Lipinski definition) is 2. The number of fused-ring (bicyclic) bond motifs is 2. The second kappa shape index (κ2) is 8.00. The van der Waals surface area contributed by atoms with Gasteiger partial charge in [0.05, 0.1) is 11.4 Å². The Labute approximate surface area is 182 Å². The van der Waals surface area contributed by atoms with Crippen LogP contribution >= 0.6 is 0 Å². The van der Waals surface area contributed by atoms with Crippen LogP contribution in [0.5, 0.6) is 0 Å². The fourth-order valence-corrected chi connectivity index (χ4v) is 3.91. The second-order valence-corrected chi connectivity index (χ2v) is 7.53. The number of rotatable bonds is 4. The van der Waals surface area contributed by atoms with Crippen molar-refractivity contribution in [1.29, 1.82) is 0 Å². The molecule has 0 saturated heterocycles. The first-order valence-electron chi connectivity index (χ1n) is 10.4. The van der Waals surface area contributed by atoms with Crippen molar-refractivity contribution >= 4 is 27.1 Å². The van der Waals surface area contributed by atoms with Gasteiger partial charge in [-0.2, -0.15) is 0 Å². The molecular weight excluding hydrogens is 376 g/mol. The summed E-state index contributed by atoms with van der Waals surface area (Å²) in [7, 11) is 0. The van der Waals surface area contributed by atoms with Crippen molar-refractivity contribution in [3.63, 3.8) is 0 Å². The SMILES string of the molecule is C=C/C(=C\C)c1nc(-c2ccc3ccccc3c2)cc(-c2ccc3ccccc3c2)n1. The van der Waals surface area contributed by atoms with Gasteiger partial charge in [-0.25, -0.2) is 9.97 Å². The predicted octanol–water partition coefficient (Wildman–Crippen LogP) is 7.71. The van der Waals surface area contributed by atoms with E-state index in [0.29, 0.717) is 5.82 Å². The molecule has 31 heavy (non-hydrogen) atoms. The van der Waals surface area contributed by atoms with Crippen LogP contribution in [0.3, 0.4) is 0 Å². The summed E-state index contributed by atoms with van der Waals surface area (Å²) in [6, 6.07) is 31.8. The van der Waals surface area contributed by atoms with Crippen molar-refractivity contribution in [3.8, 4) is 22.5 Å². The summed E-state index contributed by atoms with van der Waals surface area (Å²) in [6.45, 7) is 5.93. The Morgan fingerprint density at radius 3 is 1.58 bits per heavy atom. The molecule has 2 nitrogen and oxygen atoms in total. The zero-order valence-electron chi connectivity index (χ0n) is 17.4. The van der Waals surface area contributed by atoms with E-state index in [9.17, 15) is 0 Å². The molecule has 0 atom stereocenters. The summed E-state index contributed by atoms with van der Waals surface area (Å²) in [4.78, 5) is 9.78. The van der Waals surface area contributed by atoms with Gasteiger partial charge in [0.15, 0.2) is 5.82 Å². The van der Waals surface area contributed by atoms with Crippen LogP contribution < -0.4 is 0 Å². The highest BCUT2D eigenvalue weighted by Gasteiger charge is 2.11. The van der Waals surface area contributed by atoms with E-state index in [-0.39, 0.29) is 0 Å². The largest absolute Gasteiger partial charge is 0.228 e. The number of aromatic nitrogens is 2. The summed E-state index contributed by atoms with van der Waals surface area (Å²) in [6.07, 6.45) is 3.81. The molecule has 5 rings (SSSR count). The smallest absolute Gasteiger partial charge is 0.160 e. The van der Waals surface area contributed by atoms with Gasteiger partial charge in [0.2, 0.25) is 0 Å².